The van der Waals surface area contributed by atoms with Crippen molar-refractivity contribution in [1.29, 1.82) is 5.26 Å². The summed E-state index contributed by atoms with van der Waals surface area (Å²) >= 11 is 0. The van der Waals surface area contributed by atoms with E-state index in [1.807, 2.05) is 0 Å². The Hall–Kier alpha value is -3.27. The first-order valence-electron chi connectivity index (χ1n) is 11.9. The zero-order valence-corrected chi connectivity index (χ0v) is 21.1. The number of rotatable bonds is 5. The SMILES string of the molecule is CN1Cc2cc(Nc3ncc(C#N)c(Nc4cccc(P(C)(C)=O)n4)n3)cc3c2C2(CC2CC3)C1. The van der Waals surface area contributed by atoms with E-state index in [0.717, 1.165) is 24.6 Å². The lowest BCUT2D eigenvalue weighted by molar-refractivity contribution is 0.254. The molecule has 2 aromatic heterocycles. The van der Waals surface area contributed by atoms with Crippen LogP contribution in [0.2, 0.25) is 0 Å². The number of nitrogens with one attached hydrogen (secondary N) is 2. The Morgan fingerprint density at radius 2 is 2.03 bits per heavy atom. The Bertz CT molecular complexity index is 1440. The standard InChI is InChI=1S/C26H28N7OP/c1-33-14-17-10-20(9-16-7-8-19-11-26(19,15-33)23(16)17)29-25-28-13-18(12-27)24(32-25)31-21-5-4-6-22(30-21)35(2,3)34/h4-6,9-10,13,19H,7-8,11,14-15H2,1-3H3,(H2,28,29,30,31,32). The van der Waals surface area contributed by atoms with Gasteiger partial charge in [-0.15, -0.1) is 0 Å². The summed E-state index contributed by atoms with van der Waals surface area (Å²) in [5, 5.41) is 16.1. The van der Waals surface area contributed by atoms with Crippen LogP contribution in [0.1, 0.15) is 35.1 Å². The molecular weight excluding hydrogens is 457 g/mol. The van der Waals surface area contributed by atoms with Gasteiger partial charge in [0.2, 0.25) is 5.95 Å². The maximum absolute atomic E-state index is 12.4. The minimum Gasteiger partial charge on any atom is -0.324 e. The molecular formula is C26H28N7OP. The topological polar surface area (TPSA) is 107 Å². The highest BCUT2D eigenvalue weighted by molar-refractivity contribution is 7.69. The van der Waals surface area contributed by atoms with Gasteiger partial charge in [-0.25, -0.2) is 9.97 Å². The summed E-state index contributed by atoms with van der Waals surface area (Å²) in [6.07, 6.45) is 5.21. The minimum atomic E-state index is -2.51. The highest BCUT2D eigenvalue weighted by Gasteiger charge is 2.59. The first-order valence-corrected chi connectivity index (χ1v) is 14.5. The molecule has 35 heavy (non-hydrogen) atoms. The van der Waals surface area contributed by atoms with E-state index < -0.39 is 7.14 Å². The largest absolute Gasteiger partial charge is 0.324 e. The van der Waals surface area contributed by atoms with Crippen molar-refractivity contribution in [3.05, 3.63) is 58.8 Å². The van der Waals surface area contributed by atoms with E-state index in [1.165, 1.54) is 36.7 Å². The Labute approximate surface area is 205 Å². The van der Waals surface area contributed by atoms with Gasteiger partial charge >= 0.3 is 0 Å². The molecule has 0 amide bonds. The molecule has 6 rings (SSSR count). The number of aromatic nitrogens is 3. The van der Waals surface area contributed by atoms with Crippen LogP contribution in [0.3, 0.4) is 0 Å². The van der Waals surface area contributed by atoms with E-state index in [4.69, 9.17) is 0 Å². The van der Waals surface area contributed by atoms with Gasteiger partial charge in [0.15, 0.2) is 5.82 Å². The molecule has 8 nitrogen and oxygen atoms in total. The van der Waals surface area contributed by atoms with Gasteiger partial charge in [0, 0.05) is 24.2 Å². The summed E-state index contributed by atoms with van der Waals surface area (Å²) in [6.45, 7) is 5.48. The summed E-state index contributed by atoms with van der Waals surface area (Å²) in [7, 11) is -0.302. The molecule has 1 fully saturated rings. The van der Waals surface area contributed by atoms with Crippen molar-refractivity contribution >= 4 is 35.8 Å². The molecule has 2 aliphatic carbocycles. The lowest BCUT2D eigenvalue weighted by Crippen LogP contribution is -2.38. The Morgan fingerprint density at radius 3 is 2.83 bits per heavy atom. The number of nitrogens with zero attached hydrogens (tertiary/aromatic N) is 5. The highest BCUT2D eigenvalue weighted by atomic mass is 31.2. The molecule has 9 heteroatoms. The maximum Gasteiger partial charge on any atom is 0.229 e. The van der Waals surface area contributed by atoms with Gasteiger partial charge < -0.3 is 20.1 Å². The Kier molecular flexibility index (Phi) is 5.00. The molecule has 1 aliphatic heterocycles. The number of anilines is 4. The van der Waals surface area contributed by atoms with Crippen LogP contribution in [0.4, 0.5) is 23.3 Å². The third-order valence-corrected chi connectivity index (χ3v) is 8.84. The van der Waals surface area contributed by atoms with E-state index in [-0.39, 0.29) is 0 Å². The minimum absolute atomic E-state index is 0.308. The molecule has 2 N–H and O–H groups in total. The van der Waals surface area contributed by atoms with Gasteiger partial charge in [0.05, 0.1) is 6.20 Å². The van der Waals surface area contributed by atoms with Crippen molar-refractivity contribution in [2.24, 2.45) is 5.92 Å². The van der Waals surface area contributed by atoms with Crippen LogP contribution in [-0.4, -0.2) is 46.8 Å². The fourth-order valence-electron chi connectivity index (χ4n) is 5.96. The molecule has 0 saturated heterocycles. The first kappa shape index (κ1) is 22.2. The lowest BCUT2D eigenvalue weighted by Gasteiger charge is -2.38. The predicted molar refractivity (Wildman–Crippen MR) is 138 cm³/mol. The van der Waals surface area contributed by atoms with Crippen molar-refractivity contribution < 1.29 is 4.57 Å². The summed E-state index contributed by atoms with van der Waals surface area (Å²) in [5.74, 6) is 2.09. The highest BCUT2D eigenvalue weighted by Crippen LogP contribution is 2.63. The van der Waals surface area contributed by atoms with E-state index in [1.54, 1.807) is 37.1 Å². The van der Waals surface area contributed by atoms with E-state index in [9.17, 15) is 9.83 Å². The van der Waals surface area contributed by atoms with Gasteiger partial charge in [0.25, 0.3) is 0 Å². The number of hydrogen-bond acceptors (Lipinski definition) is 8. The molecule has 2 atom stereocenters. The molecule has 2 unspecified atom stereocenters. The average molecular weight is 486 g/mol. The lowest BCUT2D eigenvalue weighted by atomic mass is 9.76. The molecule has 3 heterocycles. The summed E-state index contributed by atoms with van der Waals surface area (Å²) in [4.78, 5) is 15.9. The van der Waals surface area contributed by atoms with Crippen LogP contribution >= 0.6 is 7.14 Å². The Morgan fingerprint density at radius 1 is 1.20 bits per heavy atom. The van der Waals surface area contributed by atoms with E-state index in [0.29, 0.717) is 34.0 Å². The summed E-state index contributed by atoms with van der Waals surface area (Å²) in [5.41, 5.74) is 6.62. The normalized spacial score (nSPS) is 22.5. The first-order chi connectivity index (χ1) is 16.7. The second kappa shape index (κ2) is 7.87. The van der Waals surface area contributed by atoms with Crippen molar-refractivity contribution in [2.75, 3.05) is 37.6 Å². The van der Waals surface area contributed by atoms with Crippen LogP contribution in [0.25, 0.3) is 0 Å². The zero-order valence-electron chi connectivity index (χ0n) is 20.2. The van der Waals surface area contributed by atoms with Crippen molar-refractivity contribution in [3.63, 3.8) is 0 Å². The van der Waals surface area contributed by atoms with Gasteiger partial charge in [0.1, 0.15) is 30.0 Å². The van der Waals surface area contributed by atoms with Crippen molar-refractivity contribution in [1.82, 2.24) is 19.9 Å². The second-order valence-electron chi connectivity index (χ2n) is 10.5. The average Bonchev–Trinajstić information content (AvgIpc) is 3.51. The molecule has 1 spiro atoms. The maximum atomic E-state index is 12.4. The second-order valence-corrected chi connectivity index (χ2v) is 13.6. The fourth-order valence-corrected chi connectivity index (χ4v) is 6.75. The van der Waals surface area contributed by atoms with Crippen LogP contribution in [0.15, 0.2) is 36.5 Å². The fraction of sp³-hybridized carbons (Fsp3) is 0.385. The molecule has 0 bridgehead atoms. The number of aryl methyl sites for hydroxylation is 1. The van der Waals surface area contributed by atoms with Crippen LogP contribution in [0.5, 0.6) is 0 Å². The third kappa shape index (κ3) is 3.89. The van der Waals surface area contributed by atoms with Gasteiger partial charge in [-0.2, -0.15) is 10.2 Å². The third-order valence-electron chi connectivity index (χ3n) is 7.48. The number of likely N-dealkylation sites (N-methyl/N-ethyl adjacent to an activating group) is 1. The number of nitriles is 1. The molecule has 178 valence electrons. The zero-order chi connectivity index (χ0) is 24.4. The van der Waals surface area contributed by atoms with Crippen molar-refractivity contribution in [3.8, 4) is 6.07 Å². The number of pyridine rings is 1. The van der Waals surface area contributed by atoms with Gasteiger partial charge in [-0.3, -0.25) is 0 Å². The van der Waals surface area contributed by atoms with Crippen molar-refractivity contribution in [2.45, 2.75) is 31.2 Å². The molecule has 1 saturated carbocycles. The molecule has 0 radical (unpaired) electrons. The van der Waals surface area contributed by atoms with Crippen LogP contribution in [0, 0.1) is 17.2 Å². The summed E-state index contributed by atoms with van der Waals surface area (Å²) < 4.78 is 12.4. The number of hydrogen-bond donors (Lipinski definition) is 2. The number of benzene rings is 1. The molecule has 3 aromatic rings. The molecule has 3 aliphatic rings. The Balaban J connectivity index is 1.31. The summed E-state index contributed by atoms with van der Waals surface area (Å²) in [6, 6.07) is 11.9. The van der Waals surface area contributed by atoms with Gasteiger partial charge in [-0.1, -0.05) is 6.07 Å². The monoisotopic (exact) mass is 485 g/mol. The molecule has 1 aromatic carbocycles. The van der Waals surface area contributed by atoms with Crippen LogP contribution in [-0.2, 0) is 22.9 Å². The quantitative estimate of drug-likeness (QED) is 0.520. The van der Waals surface area contributed by atoms with E-state index in [2.05, 4.69) is 55.7 Å². The van der Waals surface area contributed by atoms with E-state index >= 15 is 0 Å². The van der Waals surface area contributed by atoms with Crippen LogP contribution < -0.4 is 16.1 Å². The van der Waals surface area contributed by atoms with Gasteiger partial charge in [-0.05, 0) is 86.5 Å². The predicted octanol–water partition coefficient (Wildman–Crippen LogP) is 4.13. The smallest absolute Gasteiger partial charge is 0.229 e.